The highest BCUT2D eigenvalue weighted by atomic mass is 79.9. The van der Waals surface area contributed by atoms with Crippen molar-refractivity contribution in [3.63, 3.8) is 0 Å². The van der Waals surface area contributed by atoms with Crippen LogP contribution in [-0.2, 0) is 6.42 Å². The maximum absolute atomic E-state index is 12.9. The van der Waals surface area contributed by atoms with Gasteiger partial charge in [-0.05, 0) is 59.8 Å². The Bertz CT molecular complexity index is 299. The van der Waals surface area contributed by atoms with Gasteiger partial charge in [0.05, 0.1) is 4.47 Å². The van der Waals surface area contributed by atoms with Gasteiger partial charge >= 0.3 is 0 Å². The van der Waals surface area contributed by atoms with Gasteiger partial charge in [0.25, 0.3) is 0 Å². The number of rotatable bonds is 4. The number of benzene rings is 1. The van der Waals surface area contributed by atoms with Crippen molar-refractivity contribution in [1.82, 2.24) is 0 Å². The second kappa shape index (κ2) is 5.47. The fourth-order valence-electron chi connectivity index (χ4n) is 1.32. The van der Waals surface area contributed by atoms with Crippen LogP contribution in [0.1, 0.15) is 25.3 Å². The molecule has 0 bridgehead atoms. The third-order valence-corrected chi connectivity index (χ3v) is 2.72. The second-order valence-corrected chi connectivity index (χ2v) is 4.47. The molecule has 0 radical (unpaired) electrons. The molecule has 1 unspecified atom stereocenters. The molecule has 0 aliphatic rings. The number of hydrogen-bond acceptors (Lipinski definition) is 1. The third kappa shape index (κ3) is 3.76. The molecule has 0 fully saturated rings. The second-order valence-electron chi connectivity index (χ2n) is 3.62. The van der Waals surface area contributed by atoms with Gasteiger partial charge in [-0.15, -0.1) is 0 Å². The van der Waals surface area contributed by atoms with Crippen molar-refractivity contribution in [2.75, 3.05) is 0 Å². The molecule has 1 aromatic carbocycles. The molecule has 0 spiro atoms. The number of nitrogens with two attached hydrogens (primary N) is 1. The van der Waals surface area contributed by atoms with Crippen LogP contribution in [0.5, 0.6) is 0 Å². The maximum atomic E-state index is 12.9. The average Bonchev–Trinajstić information content (AvgIpc) is 2.10. The molecule has 0 aliphatic carbocycles. The van der Waals surface area contributed by atoms with Crippen molar-refractivity contribution in [1.29, 1.82) is 0 Å². The largest absolute Gasteiger partial charge is 0.328 e. The lowest BCUT2D eigenvalue weighted by Crippen LogP contribution is -2.14. The fraction of sp³-hybridized carbons (Fsp3) is 0.455. The third-order valence-electron chi connectivity index (χ3n) is 2.11. The normalized spacial score (nSPS) is 12.9. The summed E-state index contributed by atoms with van der Waals surface area (Å²) in [7, 11) is 0. The molecular weight excluding hydrogens is 245 g/mol. The van der Waals surface area contributed by atoms with E-state index >= 15 is 0 Å². The quantitative estimate of drug-likeness (QED) is 0.883. The Morgan fingerprint density at radius 1 is 1.50 bits per heavy atom. The molecule has 3 heteroatoms. The van der Waals surface area contributed by atoms with Gasteiger partial charge in [0.1, 0.15) is 5.82 Å². The predicted molar refractivity (Wildman–Crippen MR) is 60.7 cm³/mol. The summed E-state index contributed by atoms with van der Waals surface area (Å²) in [6.07, 6.45) is 3.02. The average molecular weight is 260 g/mol. The van der Waals surface area contributed by atoms with Crippen LogP contribution in [-0.4, -0.2) is 6.04 Å². The Balaban J connectivity index is 2.47. The van der Waals surface area contributed by atoms with Crippen LogP contribution in [0.2, 0.25) is 0 Å². The van der Waals surface area contributed by atoms with E-state index < -0.39 is 0 Å². The van der Waals surface area contributed by atoms with E-state index in [-0.39, 0.29) is 11.9 Å². The molecular formula is C11H15BrFN. The number of halogens is 2. The molecule has 0 amide bonds. The van der Waals surface area contributed by atoms with Gasteiger partial charge < -0.3 is 5.73 Å². The van der Waals surface area contributed by atoms with Crippen molar-refractivity contribution < 1.29 is 4.39 Å². The van der Waals surface area contributed by atoms with E-state index in [2.05, 4.69) is 15.9 Å². The number of aryl methyl sites for hydroxylation is 1. The van der Waals surface area contributed by atoms with E-state index in [1.807, 2.05) is 19.1 Å². The van der Waals surface area contributed by atoms with E-state index in [9.17, 15) is 4.39 Å². The van der Waals surface area contributed by atoms with Gasteiger partial charge in [0.2, 0.25) is 0 Å². The first-order valence-electron chi connectivity index (χ1n) is 4.79. The minimum atomic E-state index is -0.207. The van der Waals surface area contributed by atoms with Gasteiger partial charge in [0, 0.05) is 6.04 Å². The minimum absolute atomic E-state index is 0.207. The van der Waals surface area contributed by atoms with Crippen molar-refractivity contribution in [3.8, 4) is 0 Å². The predicted octanol–water partition coefficient (Wildman–Crippen LogP) is 3.26. The smallest absolute Gasteiger partial charge is 0.137 e. The first-order valence-corrected chi connectivity index (χ1v) is 5.58. The summed E-state index contributed by atoms with van der Waals surface area (Å²) in [5.74, 6) is -0.207. The molecule has 1 rings (SSSR count). The standard InChI is InChI=1S/C11H15BrFN/c1-8(14)3-2-4-9-5-6-11(13)10(12)7-9/h5-8H,2-4,14H2,1H3. The Morgan fingerprint density at radius 3 is 2.79 bits per heavy atom. The van der Waals surface area contributed by atoms with Crippen LogP contribution in [0.15, 0.2) is 22.7 Å². The lowest BCUT2D eigenvalue weighted by atomic mass is 10.1. The molecule has 0 heterocycles. The maximum Gasteiger partial charge on any atom is 0.137 e. The van der Waals surface area contributed by atoms with Crippen molar-refractivity contribution in [2.45, 2.75) is 32.2 Å². The summed E-state index contributed by atoms with van der Waals surface area (Å²) in [6.45, 7) is 2.00. The van der Waals surface area contributed by atoms with Gasteiger partial charge in [-0.25, -0.2) is 4.39 Å². The van der Waals surface area contributed by atoms with Gasteiger partial charge in [-0.3, -0.25) is 0 Å². The summed E-state index contributed by atoms with van der Waals surface area (Å²) in [6, 6.07) is 5.39. The van der Waals surface area contributed by atoms with Crippen molar-refractivity contribution in [3.05, 3.63) is 34.1 Å². The summed E-state index contributed by atoms with van der Waals surface area (Å²) in [5.41, 5.74) is 6.79. The molecule has 0 saturated carbocycles. The highest BCUT2D eigenvalue weighted by molar-refractivity contribution is 9.10. The van der Waals surface area contributed by atoms with E-state index in [1.165, 1.54) is 6.07 Å². The molecule has 1 atom stereocenters. The van der Waals surface area contributed by atoms with Crippen LogP contribution in [0.3, 0.4) is 0 Å². The molecule has 1 nitrogen and oxygen atoms in total. The monoisotopic (exact) mass is 259 g/mol. The van der Waals surface area contributed by atoms with E-state index in [4.69, 9.17) is 5.73 Å². The zero-order chi connectivity index (χ0) is 10.6. The van der Waals surface area contributed by atoms with Crippen LogP contribution in [0.4, 0.5) is 4.39 Å². The molecule has 0 aromatic heterocycles. The van der Waals surface area contributed by atoms with E-state index in [0.29, 0.717) is 4.47 Å². The molecule has 2 N–H and O–H groups in total. The van der Waals surface area contributed by atoms with Crippen LogP contribution in [0, 0.1) is 5.82 Å². The number of hydrogen-bond donors (Lipinski definition) is 1. The van der Waals surface area contributed by atoms with Gasteiger partial charge in [-0.1, -0.05) is 6.07 Å². The Labute approximate surface area is 92.6 Å². The fourth-order valence-corrected chi connectivity index (χ4v) is 1.75. The zero-order valence-electron chi connectivity index (χ0n) is 8.26. The van der Waals surface area contributed by atoms with Crippen LogP contribution >= 0.6 is 15.9 Å². The lowest BCUT2D eigenvalue weighted by Gasteiger charge is -2.05. The summed E-state index contributed by atoms with van der Waals surface area (Å²) >= 11 is 3.17. The van der Waals surface area contributed by atoms with Crippen LogP contribution < -0.4 is 5.73 Å². The van der Waals surface area contributed by atoms with Gasteiger partial charge in [-0.2, -0.15) is 0 Å². The summed E-state index contributed by atoms with van der Waals surface area (Å²) in [4.78, 5) is 0. The van der Waals surface area contributed by atoms with E-state index in [1.54, 1.807) is 0 Å². The zero-order valence-corrected chi connectivity index (χ0v) is 9.85. The molecule has 1 aromatic rings. The first-order chi connectivity index (χ1) is 6.59. The first kappa shape index (κ1) is 11.7. The Kier molecular flexibility index (Phi) is 4.55. The molecule has 0 aliphatic heterocycles. The lowest BCUT2D eigenvalue weighted by molar-refractivity contribution is 0.613. The minimum Gasteiger partial charge on any atom is -0.328 e. The molecule has 78 valence electrons. The Morgan fingerprint density at radius 2 is 2.21 bits per heavy atom. The molecule has 0 saturated heterocycles. The van der Waals surface area contributed by atoms with Crippen LogP contribution in [0.25, 0.3) is 0 Å². The highest BCUT2D eigenvalue weighted by Gasteiger charge is 2.01. The molecule has 14 heavy (non-hydrogen) atoms. The van der Waals surface area contributed by atoms with Crippen molar-refractivity contribution in [2.24, 2.45) is 5.73 Å². The van der Waals surface area contributed by atoms with E-state index in [0.717, 1.165) is 24.8 Å². The summed E-state index contributed by atoms with van der Waals surface area (Å²) < 4.78 is 13.4. The highest BCUT2D eigenvalue weighted by Crippen LogP contribution is 2.18. The SMILES string of the molecule is CC(N)CCCc1ccc(F)c(Br)c1. The summed E-state index contributed by atoms with van der Waals surface area (Å²) in [5, 5.41) is 0. The topological polar surface area (TPSA) is 26.0 Å². The Hall–Kier alpha value is -0.410. The van der Waals surface area contributed by atoms with Crippen molar-refractivity contribution >= 4 is 15.9 Å². The van der Waals surface area contributed by atoms with Gasteiger partial charge in [0.15, 0.2) is 0 Å².